The molecule has 4 rings (SSSR count). The molecule has 2 aliphatic heterocycles. The normalized spacial score (nSPS) is 27.5. The fourth-order valence-electron chi connectivity index (χ4n) is 4.31. The minimum atomic E-state index is -0.484. The Balaban J connectivity index is 1.57. The number of nitrogens with zero attached hydrogens (tertiary/aromatic N) is 4. The highest BCUT2D eigenvalue weighted by atomic mass is 16.3. The smallest absolute Gasteiger partial charge is 0.273 e. The number of hydrogen-bond donors (Lipinski definition) is 2. The highest BCUT2D eigenvalue weighted by molar-refractivity contribution is 5.94. The van der Waals surface area contributed by atoms with E-state index in [-0.39, 0.29) is 17.9 Å². The molecule has 1 aromatic heterocycles. The first-order chi connectivity index (χ1) is 11.6. The van der Waals surface area contributed by atoms with Crippen LogP contribution in [0, 0.1) is 0 Å². The Morgan fingerprint density at radius 3 is 2.62 bits per heavy atom. The SMILES string of the molecule is Nc1nc2c(c(C(=O)N3C[C@H](O)[C@@H](N4CCCC4)C3)n1)CCCC2. The van der Waals surface area contributed by atoms with Crippen molar-refractivity contribution in [1.29, 1.82) is 0 Å². The van der Waals surface area contributed by atoms with Gasteiger partial charge < -0.3 is 15.7 Å². The molecule has 0 saturated carbocycles. The number of nitrogen functional groups attached to an aromatic ring is 1. The van der Waals surface area contributed by atoms with Gasteiger partial charge in [0.05, 0.1) is 12.1 Å². The first-order valence-electron chi connectivity index (χ1n) is 9.00. The zero-order valence-electron chi connectivity index (χ0n) is 13.9. The first kappa shape index (κ1) is 15.8. The van der Waals surface area contributed by atoms with Gasteiger partial charge in [0.1, 0.15) is 5.69 Å². The van der Waals surface area contributed by atoms with Gasteiger partial charge in [-0.05, 0) is 51.6 Å². The van der Waals surface area contributed by atoms with Gasteiger partial charge in [-0.1, -0.05) is 0 Å². The molecule has 130 valence electrons. The monoisotopic (exact) mass is 331 g/mol. The molecule has 0 bridgehead atoms. The van der Waals surface area contributed by atoms with E-state index in [0.29, 0.717) is 18.8 Å². The van der Waals surface area contributed by atoms with E-state index < -0.39 is 6.10 Å². The van der Waals surface area contributed by atoms with Crippen molar-refractivity contribution < 1.29 is 9.90 Å². The summed E-state index contributed by atoms with van der Waals surface area (Å²) in [5.74, 6) is 0.0674. The van der Waals surface area contributed by atoms with Gasteiger partial charge in [0, 0.05) is 24.3 Å². The first-order valence-corrected chi connectivity index (χ1v) is 9.00. The van der Waals surface area contributed by atoms with Crippen LogP contribution in [0.1, 0.15) is 47.4 Å². The molecule has 3 N–H and O–H groups in total. The predicted molar refractivity (Wildman–Crippen MR) is 89.6 cm³/mol. The van der Waals surface area contributed by atoms with Crippen molar-refractivity contribution in [1.82, 2.24) is 19.8 Å². The zero-order valence-corrected chi connectivity index (χ0v) is 13.9. The maximum atomic E-state index is 13.0. The van der Waals surface area contributed by atoms with E-state index in [9.17, 15) is 9.90 Å². The number of amides is 1. The van der Waals surface area contributed by atoms with E-state index in [1.807, 2.05) is 0 Å². The summed E-state index contributed by atoms with van der Waals surface area (Å²) in [4.78, 5) is 25.6. The summed E-state index contributed by atoms with van der Waals surface area (Å²) in [6.07, 6.45) is 5.70. The van der Waals surface area contributed by atoms with Crippen LogP contribution in [0.2, 0.25) is 0 Å². The number of aryl methyl sites for hydroxylation is 1. The third-order valence-corrected chi connectivity index (χ3v) is 5.56. The Bertz CT molecular complexity index is 644. The van der Waals surface area contributed by atoms with Crippen molar-refractivity contribution >= 4 is 11.9 Å². The lowest BCUT2D eigenvalue weighted by Gasteiger charge is -2.25. The van der Waals surface area contributed by atoms with Crippen molar-refractivity contribution in [3.8, 4) is 0 Å². The molecule has 0 unspecified atom stereocenters. The summed E-state index contributed by atoms with van der Waals surface area (Å²) >= 11 is 0. The number of nitrogens with two attached hydrogens (primary N) is 1. The third kappa shape index (κ3) is 2.75. The molecule has 24 heavy (non-hydrogen) atoms. The van der Waals surface area contributed by atoms with Gasteiger partial charge in [0.2, 0.25) is 5.95 Å². The highest BCUT2D eigenvalue weighted by Gasteiger charge is 2.39. The van der Waals surface area contributed by atoms with Gasteiger partial charge in [-0.3, -0.25) is 9.69 Å². The number of hydrogen-bond acceptors (Lipinski definition) is 6. The van der Waals surface area contributed by atoms with Gasteiger partial charge in [0.25, 0.3) is 5.91 Å². The molecule has 3 heterocycles. The molecule has 0 spiro atoms. The van der Waals surface area contributed by atoms with Gasteiger partial charge in [-0.25, -0.2) is 9.97 Å². The average Bonchev–Trinajstić information content (AvgIpc) is 3.22. The van der Waals surface area contributed by atoms with Crippen molar-refractivity contribution in [2.75, 3.05) is 31.9 Å². The van der Waals surface area contributed by atoms with Crippen LogP contribution < -0.4 is 5.73 Å². The number of likely N-dealkylation sites (tertiary alicyclic amines) is 2. The second-order valence-corrected chi connectivity index (χ2v) is 7.15. The van der Waals surface area contributed by atoms with Crippen LogP contribution in [0.4, 0.5) is 5.95 Å². The van der Waals surface area contributed by atoms with Crippen LogP contribution in [0.3, 0.4) is 0 Å². The largest absolute Gasteiger partial charge is 0.390 e. The molecule has 7 nitrogen and oxygen atoms in total. The Hall–Kier alpha value is -1.73. The quantitative estimate of drug-likeness (QED) is 0.805. The Kier molecular flexibility index (Phi) is 4.14. The van der Waals surface area contributed by atoms with Crippen LogP contribution in [-0.4, -0.2) is 69.1 Å². The lowest BCUT2D eigenvalue weighted by molar-refractivity contribution is 0.0756. The number of fused-ring (bicyclic) bond motifs is 1. The fraction of sp³-hybridized carbons (Fsp3) is 0.706. The van der Waals surface area contributed by atoms with Crippen LogP contribution in [0.25, 0.3) is 0 Å². The van der Waals surface area contributed by atoms with Gasteiger partial charge >= 0.3 is 0 Å². The van der Waals surface area contributed by atoms with Crippen molar-refractivity contribution in [3.05, 3.63) is 17.0 Å². The van der Waals surface area contributed by atoms with Crippen molar-refractivity contribution in [3.63, 3.8) is 0 Å². The number of carbonyl (C=O) groups is 1. The molecule has 1 aliphatic carbocycles. The summed E-state index contributed by atoms with van der Waals surface area (Å²) < 4.78 is 0. The molecule has 2 atom stereocenters. The van der Waals surface area contributed by atoms with Crippen molar-refractivity contribution in [2.45, 2.75) is 50.7 Å². The highest BCUT2D eigenvalue weighted by Crippen LogP contribution is 2.26. The number of carbonyl (C=O) groups excluding carboxylic acids is 1. The Labute approximate surface area is 141 Å². The lowest BCUT2D eigenvalue weighted by Crippen LogP contribution is -2.41. The molecule has 2 fully saturated rings. The summed E-state index contributed by atoms with van der Waals surface area (Å²) in [5, 5.41) is 10.4. The van der Waals surface area contributed by atoms with E-state index in [0.717, 1.165) is 50.0 Å². The van der Waals surface area contributed by atoms with E-state index >= 15 is 0 Å². The summed E-state index contributed by atoms with van der Waals surface area (Å²) in [6.45, 7) is 2.97. The zero-order chi connectivity index (χ0) is 16.7. The third-order valence-electron chi connectivity index (χ3n) is 5.56. The van der Waals surface area contributed by atoms with Crippen LogP contribution in [-0.2, 0) is 12.8 Å². The van der Waals surface area contributed by atoms with Crippen LogP contribution in [0.15, 0.2) is 0 Å². The number of aliphatic hydroxyl groups is 1. The maximum absolute atomic E-state index is 13.0. The molecule has 7 heteroatoms. The standard InChI is InChI=1S/C17H25N5O2/c18-17-19-12-6-2-1-5-11(12)15(20-17)16(24)22-9-13(14(23)10-22)21-7-3-4-8-21/h13-14,23H,1-10H2,(H2,18,19,20)/t13-,14-/m0/s1. The molecule has 0 aromatic carbocycles. The minimum Gasteiger partial charge on any atom is -0.390 e. The van der Waals surface area contributed by atoms with E-state index in [2.05, 4.69) is 14.9 Å². The number of aromatic nitrogens is 2. The molecular weight excluding hydrogens is 306 g/mol. The average molecular weight is 331 g/mol. The number of β-amino-alcohol motifs (C(OH)–C–C–N with tert-alkyl or cyclic N) is 1. The second kappa shape index (κ2) is 6.29. The molecule has 3 aliphatic rings. The molecule has 0 radical (unpaired) electrons. The number of anilines is 1. The Morgan fingerprint density at radius 1 is 1.08 bits per heavy atom. The fourth-order valence-corrected chi connectivity index (χ4v) is 4.31. The molecular formula is C17H25N5O2. The number of aliphatic hydroxyl groups excluding tert-OH is 1. The van der Waals surface area contributed by atoms with Gasteiger partial charge in [-0.15, -0.1) is 0 Å². The topological polar surface area (TPSA) is 95.6 Å². The maximum Gasteiger partial charge on any atom is 0.273 e. The van der Waals surface area contributed by atoms with Gasteiger partial charge in [-0.2, -0.15) is 0 Å². The second-order valence-electron chi connectivity index (χ2n) is 7.15. The summed E-state index contributed by atoms with van der Waals surface area (Å²) in [6, 6.07) is 0.0476. The predicted octanol–water partition coefficient (Wildman–Crippen LogP) is 0.219. The molecule has 1 amide bonds. The minimum absolute atomic E-state index is 0.0476. The Morgan fingerprint density at radius 2 is 1.83 bits per heavy atom. The molecule has 2 saturated heterocycles. The lowest BCUT2D eigenvalue weighted by atomic mass is 9.94. The number of rotatable bonds is 2. The summed E-state index contributed by atoms with van der Waals surface area (Å²) in [7, 11) is 0. The van der Waals surface area contributed by atoms with E-state index in [1.54, 1.807) is 4.90 Å². The summed E-state index contributed by atoms with van der Waals surface area (Å²) in [5.41, 5.74) is 8.16. The van der Waals surface area contributed by atoms with Crippen molar-refractivity contribution in [2.24, 2.45) is 0 Å². The van der Waals surface area contributed by atoms with Crippen LogP contribution in [0.5, 0.6) is 0 Å². The van der Waals surface area contributed by atoms with Crippen LogP contribution >= 0.6 is 0 Å². The van der Waals surface area contributed by atoms with E-state index in [4.69, 9.17) is 5.73 Å². The molecule has 1 aromatic rings. The van der Waals surface area contributed by atoms with Gasteiger partial charge in [0.15, 0.2) is 0 Å². The van der Waals surface area contributed by atoms with E-state index in [1.165, 1.54) is 12.8 Å².